The number of phenols is 1. The van der Waals surface area contributed by atoms with E-state index in [1.165, 1.54) is 0 Å². The van der Waals surface area contributed by atoms with Crippen molar-refractivity contribution in [1.29, 1.82) is 0 Å². The van der Waals surface area contributed by atoms with Gasteiger partial charge in [-0.2, -0.15) is 0 Å². The number of amides is 2. The first-order chi connectivity index (χ1) is 16.5. The minimum atomic E-state index is -0.639. The van der Waals surface area contributed by atoms with Crippen LogP contribution in [0.4, 0.5) is 4.79 Å². The van der Waals surface area contributed by atoms with Crippen LogP contribution in [0.15, 0.2) is 48.0 Å². The predicted molar refractivity (Wildman–Crippen MR) is 137 cm³/mol. The van der Waals surface area contributed by atoms with E-state index >= 15 is 0 Å². The first-order valence-electron chi connectivity index (χ1n) is 11.8. The number of rotatable bonds is 5. The summed E-state index contributed by atoms with van der Waals surface area (Å²) in [6, 6.07) is 12.4. The number of phenolic OH excluding ortho intramolecular Hbond substituents is 1. The van der Waals surface area contributed by atoms with Crippen LogP contribution >= 0.6 is 23.2 Å². The molecule has 2 amide bonds. The molecule has 0 bridgehead atoms. The van der Waals surface area contributed by atoms with Gasteiger partial charge in [-0.25, -0.2) is 4.79 Å². The molecule has 35 heavy (non-hydrogen) atoms. The van der Waals surface area contributed by atoms with Crippen LogP contribution in [-0.2, 0) is 16.1 Å². The summed E-state index contributed by atoms with van der Waals surface area (Å²) in [6.45, 7) is 6.33. The van der Waals surface area contributed by atoms with Gasteiger partial charge >= 0.3 is 6.09 Å². The van der Waals surface area contributed by atoms with Gasteiger partial charge in [-0.1, -0.05) is 47.5 Å². The van der Waals surface area contributed by atoms with E-state index in [2.05, 4.69) is 0 Å². The molecule has 1 heterocycles. The minimum Gasteiger partial charge on any atom is -0.508 e. The number of carbonyl (C=O) groups excluding carboxylic acids is 2. The fraction of sp³-hybridized carbons (Fsp3) is 0.407. The largest absolute Gasteiger partial charge is 0.508 e. The van der Waals surface area contributed by atoms with Gasteiger partial charge in [0, 0.05) is 24.7 Å². The van der Waals surface area contributed by atoms with Crippen molar-refractivity contribution in [3.05, 3.63) is 69.2 Å². The molecule has 186 valence electrons. The molecule has 1 N–H and O–H groups in total. The number of aromatic hydroxyl groups is 1. The molecule has 1 saturated carbocycles. The summed E-state index contributed by atoms with van der Waals surface area (Å²) in [5.74, 6) is -0.0173. The molecule has 0 aromatic heterocycles. The Balaban J connectivity index is 1.70. The molecule has 0 unspecified atom stereocenters. The Kier molecular flexibility index (Phi) is 7.34. The molecule has 0 radical (unpaired) electrons. The Morgan fingerprint density at radius 1 is 1.14 bits per heavy atom. The number of ether oxygens (including phenoxy) is 1. The van der Waals surface area contributed by atoms with Crippen molar-refractivity contribution in [2.24, 2.45) is 0 Å². The number of halogens is 2. The lowest BCUT2D eigenvalue weighted by atomic mass is 9.92. The van der Waals surface area contributed by atoms with Gasteiger partial charge in [-0.05, 0) is 74.9 Å². The molecule has 0 spiro atoms. The quantitative estimate of drug-likeness (QED) is 0.507. The Bertz CT molecular complexity index is 1170. The average Bonchev–Trinajstić information content (AvgIpc) is 3.63. The van der Waals surface area contributed by atoms with Crippen LogP contribution < -0.4 is 0 Å². The van der Waals surface area contributed by atoms with Gasteiger partial charge in [0.2, 0.25) is 0 Å². The van der Waals surface area contributed by atoms with Crippen molar-refractivity contribution in [1.82, 2.24) is 9.80 Å². The predicted octanol–water partition coefficient (Wildman–Crippen LogP) is 6.28. The van der Waals surface area contributed by atoms with Gasteiger partial charge in [0.25, 0.3) is 5.91 Å². The third kappa shape index (κ3) is 6.11. The van der Waals surface area contributed by atoms with Gasteiger partial charge in [-0.15, -0.1) is 0 Å². The second-order valence-electron chi connectivity index (χ2n) is 10.0. The zero-order valence-electron chi connectivity index (χ0n) is 20.2. The molecule has 8 heteroatoms. The Morgan fingerprint density at radius 2 is 1.86 bits per heavy atom. The van der Waals surface area contributed by atoms with Crippen molar-refractivity contribution in [3.8, 4) is 5.75 Å². The first-order valence-corrected chi connectivity index (χ1v) is 12.5. The summed E-state index contributed by atoms with van der Waals surface area (Å²) in [4.78, 5) is 30.3. The Hall–Kier alpha value is -2.70. The third-order valence-electron chi connectivity index (χ3n) is 6.07. The van der Waals surface area contributed by atoms with Gasteiger partial charge < -0.3 is 19.6 Å². The van der Waals surface area contributed by atoms with Crippen molar-refractivity contribution in [2.45, 2.75) is 58.2 Å². The maximum absolute atomic E-state index is 14.1. The second-order valence-corrected chi connectivity index (χ2v) is 10.8. The van der Waals surface area contributed by atoms with Gasteiger partial charge in [0.05, 0.1) is 16.6 Å². The van der Waals surface area contributed by atoms with E-state index in [9.17, 15) is 14.7 Å². The maximum atomic E-state index is 14.1. The molecule has 2 aromatic carbocycles. The normalized spacial score (nSPS) is 16.3. The fourth-order valence-corrected chi connectivity index (χ4v) is 4.61. The van der Waals surface area contributed by atoms with Crippen LogP contribution in [0.5, 0.6) is 5.75 Å². The molecule has 2 aliphatic rings. The van der Waals surface area contributed by atoms with E-state index in [-0.39, 0.29) is 24.2 Å². The molecule has 6 nitrogen and oxygen atoms in total. The molecular weight excluding hydrogens is 487 g/mol. The van der Waals surface area contributed by atoms with E-state index < -0.39 is 11.7 Å². The highest BCUT2D eigenvalue weighted by Gasteiger charge is 2.38. The first kappa shape index (κ1) is 25.4. The zero-order valence-corrected chi connectivity index (χ0v) is 21.7. The number of hydrogen-bond donors (Lipinski definition) is 1. The molecule has 2 aromatic rings. The van der Waals surface area contributed by atoms with Crippen molar-refractivity contribution >= 4 is 40.8 Å². The summed E-state index contributed by atoms with van der Waals surface area (Å²) < 4.78 is 5.58. The third-order valence-corrected chi connectivity index (χ3v) is 6.93. The summed E-state index contributed by atoms with van der Waals surface area (Å²) in [6.07, 6.45) is 1.84. The van der Waals surface area contributed by atoms with Crippen LogP contribution in [0, 0.1) is 0 Å². The number of hydrogen-bond acceptors (Lipinski definition) is 4. The summed E-state index contributed by atoms with van der Waals surface area (Å²) in [5, 5.41) is 10.9. The molecule has 1 aliphatic carbocycles. The zero-order chi connectivity index (χ0) is 25.3. The topological polar surface area (TPSA) is 70.1 Å². The van der Waals surface area contributed by atoms with Gasteiger partial charge in [-0.3, -0.25) is 4.79 Å². The highest BCUT2D eigenvalue weighted by Crippen LogP contribution is 2.36. The molecule has 1 fully saturated rings. The van der Waals surface area contributed by atoms with Crippen LogP contribution in [0.2, 0.25) is 10.0 Å². The smallest absolute Gasteiger partial charge is 0.410 e. The Labute approximate surface area is 216 Å². The number of nitrogens with zero attached hydrogens (tertiary/aromatic N) is 2. The summed E-state index contributed by atoms with van der Waals surface area (Å²) in [7, 11) is 0. The van der Waals surface area contributed by atoms with Crippen LogP contribution in [0.1, 0.15) is 51.2 Å². The lowest BCUT2D eigenvalue weighted by Crippen LogP contribution is -2.44. The molecular formula is C27H30Cl2N2O4. The lowest BCUT2D eigenvalue weighted by Gasteiger charge is -2.34. The van der Waals surface area contributed by atoms with Crippen molar-refractivity contribution in [2.75, 3.05) is 13.1 Å². The SMILES string of the molecule is CC(C)(C)OC(=O)N1CCC(c2cccc(O)c2)=C(C(=O)N(Cc2cccc(Cl)c2Cl)C2CC2)C1. The second kappa shape index (κ2) is 10.1. The van der Waals surface area contributed by atoms with Crippen molar-refractivity contribution in [3.63, 3.8) is 0 Å². The number of carbonyl (C=O) groups is 2. The summed E-state index contributed by atoms with van der Waals surface area (Å²) in [5.41, 5.74) is 2.26. The van der Waals surface area contributed by atoms with E-state index in [0.29, 0.717) is 35.1 Å². The molecule has 0 saturated heterocycles. The monoisotopic (exact) mass is 516 g/mol. The fourth-order valence-electron chi connectivity index (χ4n) is 4.23. The van der Waals surface area contributed by atoms with Crippen LogP contribution in [-0.4, -0.2) is 51.6 Å². The standard InChI is InChI=1S/C27H30Cl2N2O4/c1-27(2,3)35-26(34)30-13-12-21(17-6-4-8-20(32)14-17)22(16-30)25(33)31(19-10-11-19)15-18-7-5-9-23(28)24(18)29/h4-9,14,19,32H,10-13,15-16H2,1-3H3. The maximum Gasteiger partial charge on any atom is 0.410 e. The van der Waals surface area contributed by atoms with Crippen LogP contribution in [0.3, 0.4) is 0 Å². The van der Waals surface area contributed by atoms with Crippen LogP contribution in [0.25, 0.3) is 5.57 Å². The molecule has 4 rings (SSSR count). The van der Waals surface area contributed by atoms with E-state index in [1.54, 1.807) is 29.2 Å². The minimum absolute atomic E-state index is 0.104. The average molecular weight is 517 g/mol. The highest BCUT2D eigenvalue weighted by atomic mass is 35.5. The lowest BCUT2D eigenvalue weighted by molar-refractivity contribution is -0.128. The highest BCUT2D eigenvalue weighted by molar-refractivity contribution is 6.42. The summed E-state index contributed by atoms with van der Waals surface area (Å²) >= 11 is 12.7. The van der Waals surface area contributed by atoms with Crippen molar-refractivity contribution < 1.29 is 19.4 Å². The van der Waals surface area contributed by atoms with E-state index in [4.69, 9.17) is 27.9 Å². The van der Waals surface area contributed by atoms with E-state index in [0.717, 1.165) is 29.5 Å². The van der Waals surface area contributed by atoms with E-state index in [1.807, 2.05) is 43.9 Å². The van der Waals surface area contributed by atoms with Gasteiger partial charge in [0.1, 0.15) is 11.4 Å². The Morgan fingerprint density at radius 3 is 2.51 bits per heavy atom. The molecule has 1 aliphatic heterocycles. The van der Waals surface area contributed by atoms with Gasteiger partial charge in [0.15, 0.2) is 0 Å². The molecule has 0 atom stereocenters. The number of benzene rings is 2.